The van der Waals surface area contributed by atoms with Gasteiger partial charge in [-0.05, 0) is 278 Å². The molecule has 0 aromatic heterocycles. The quantitative estimate of drug-likeness (QED) is 0.0563. The van der Waals surface area contributed by atoms with Gasteiger partial charge in [-0.3, -0.25) is 0 Å². The van der Waals surface area contributed by atoms with Gasteiger partial charge < -0.3 is 39.0 Å². The molecule has 546 valence electrons. The summed E-state index contributed by atoms with van der Waals surface area (Å²) >= 11 is 17.2. The van der Waals surface area contributed by atoms with E-state index in [1.165, 1.54) is 103 Å². The Hall–Kier alpha value is -11.8. The molecule has 19 aromatic carbocycles. The lowest BCUT2D eigenvalue weighted by Crippen LogP contribution is -2.29. The highest BCUT2D eigenvalue weighted by molar-refractivity contribution is 14.1. The van der Waals surface area contributed by atoms with Crippen molar-refractivity contribution in [2.24, 2.45) is 0 Å². The maximum atomic E-state index is 9.53. The summed E-state index contributed by atoms with van der Waals surface area (Å²) in [6, 6.07) is 123. The Morgan fingerprint density at radius 2 is 0.540 bits per heavy atom. The van der Waals surface area contributed by atoms with Gasteiger partial charge in [0, 0.05) is 25.6 Å². The summed E-state index contributed by atoms with van der Waals surface area (Å²) in [5.74, 6) is 5.71. The first-order valence-corrected chi connectivity index (χ1v) is 39.4. The minimum atomic E-state index is -1.47. The molecule has 0 saturated carbocycles. The standard InChI is InChI=1S/C46H28O2.C30H21BO2.C16H9ClO2.C6H3BrClI.CH5BO2.H2/c1-2-10-29(11-3-1)45-37-14-6-8-16-39(37)46(40-17-9-7-15-38(40)45)36-21-20-32-24-33(18-19-34(32)25-36)35-22-23-41-42(28-35)48-44-27-31-13-5-4-12-30(31)26-43(44)47-41;32-31(33)24-17-16-21-18-23(15-14-22(21)19-24)30-27-12-6-4-10-25(27)29(20-8-2-1-3-9-20)26-11-5-7-13-28(26)30;17-12-5-6-13-16(9-12)19-15-8-11-4-2-1-3-10(11)7-14(15)18-13;7-5-3-4(8)1-2-6(5)9;1-2(3)4;/h1-28H;1-19,32-33H;1-9H;1-3H;3-4H,1H3;1H/i;;;;;1+1. The first-order chi connectivity index (χ1) is 55.2. The molecule has 0 fully saturated rings. The number of ether oxygens (including phenoxy) is 4. The van der Waals surface area contributed by atoms with E-state index in [0.29, 0.717) is 27.7 Å². The van der Waals surface area contributed by atoms with Gasteiger partial charge in [0.15, 0.2) is 46.0 Å². The predicted octanol–water partition coefficient (Wildman–Crippen LogP) is 27.8. The SMILES string of the molecule is CB(O)O.Clc1ccc(I)c(Br)c1.Clc1ccc2c(c1)Oc1cc3ccccc3cc1O2.OB(O)c1ccc2cc(-c3c4ccccc4c(-c4ccccc4)c4ccccc34)ccc2c1.[2HH].c1ccc(-c2c3ccccc3c(-c3ccc4cc(-c5ccc6c(c5)Oc5cc7ccccc7cc5O6)ccc4c3)c3ccccc23)cc1. The first-order valence-electron chi connectivity index (χ1n) is 36.8. The second-order valence-corrected chi connectivity index (χ2v) is 30.4. The van der Waals surface area contributed by atoms with E-state index in [4.69, 9.17) is 52.2 Å². The lowest BCUT2D eigenvalue weighted by atomic mass is 9.79. The fourth-order valence-electron chi connectivity index (χ4n) is 15.0. The molecular weight excluding hydrogens is 1620 g/mol. The van der Waals surface area contributed by atoms with Crippen molar-refractivity contribution in [1.82, 2.24) is 0 Å². The fourth-order valence-corrected chi connectivity index (χ4v) is 16.2. The summed E-state index contributed by atoms with van der Waals surface area (Å²) in [5, 5.41) is 54.6. The number of halogens is 4. The van der Waals surface area contributed by atoms with Gasteiger partial charge in [-0.25, -0.2) is 0 Å². The third-order valence-corrected chi connectivity index (χ3v) is 22.9. The van der Waals surface area contributed by atoms with Crippen LogP contribution in [0.5, 0.6) is 46.0 Å². The summed E-state index contributed by atoms with van der Waals surface area (Å²) in [6.07, 6.45) is 0. The summed E-state index contributed by atoms with van der Waals surface area (Å²) in [4.78, 5) is 0. The zero-order chi connectivity index (χ0) is 77.2. The minimum Gasteiger partial charge on any atom is -0.449 e. The zero-order valence-electron chi connectivity index (χ0n) is 60.7. The average molecular weight is 1690 g/mol. The van der Waals surface area contributed by atoms with Crippen LogP contribution in [0, 0.1) is 3.57 Å². The summed E-state index contributed by atoms with van der Waals surface area (Å²) in [5.41, 5.74) is 12.6. The molecule has 19 aromatic rings. The van der Waals surface area contributed by atoms with Gasteiger partial charge in [-0.15, -0.1) is 0 Å². The molecule has 113 heavy (non-hydrogen) atoms. The van der Waals surface area contributed by atoms with Crippen LogP contribution in [0.25, 0.3) is 142 Å². The monoisotopic (exact) mass is 1680 g/mol. The largest absolute Gasteiger partial charge is 0.488 e. The highest BCUT2D eigenvalue weighted by Crippen LogP contribution is 2.51. The normalized spacial score (nSPS) is 11.5. The van der Waals surface area contributed by atoms with E-state index >= 15 is 0 Å². The number of hydrogen-bond acceptors (Lipinski definition) is 8. The van der Waals surface area contributed by atoms with Gasteiger partial charge in [0.25, 0.3) is 0 Å². The van der Waals surface area contributed by atoms with Crippen LogP contribution in [-0.4, -0.2) is 34.3 Å². The molecule has 0 bridgehead atoms. The molecule has 0 radical (unpaired) electrons. The van der Waals surface area contributed by atoms with E-state index in [2.05, 4.69) is 287 Å². The summed E-state index contributed by atoms with van der Waals surface area (Å²) < 4.78 is 26.6. The minimum absolute atomic E-state index is 0. The van der Waals surface area contributed by atoms with Crippen molar-refractivity contribution in [2.75, 3.05) is 0 Å². The Kier molecular flexibility index (Phi) is 21.3. The van der Waals surface area contributed by atoms with Gasteiger partial charge >= 0.3 is 14.2 Å². The molecule has 0 unspecified atom stereocenters. The van der Waals surface area contributed by atoms with Gasteiger partial charge in [0.1, 0.15) is 0 Å². The van der Waals surface area contributed by atoms with Gasteiger partial charge in [0.2, 0.25) is 0 Å². The smallest absolute Gasteiger partial charge is 0.449 e. The number of benzene rings is 19. The van der Waals surface area contributed by atoms with Crippen LogP contribution in [0.15, 0.2) is 362 Å². The Morgan fingerprint density at radius 1 is 0.265 bits per heavy atom. The van der Waals surface area contributed by atoms with Crippen LogP contribution in [0.1, 0.15) is 1.43 Å². The van der Waals surface area contributed by atoms with Crippen molar-refractivity contribution in [2.45, 2.75) is 6.82 Å². The van der Waals surface area contributed by atoms with Crippen LogP contribution in [-0.2, 0) is 0 Å². The van der Waals surface area contributed by atoms with E-state index in [-0.39, 0.29) is 1.43 Å². The molecular formula is C99H68B2BrCl2IO8. The van der Waals surface area contributed by atoms with Crippen LogP contribution < -0.4 is 24.4 Å². The molecule has 21 rings (SSSR count). The van der Waals surface area contributed by atoms with E-state index in [1.807, 2.05) is 91.0 Å². The molecule has 14 heteroatoms. The molecule has 8 nitrogen and oxygen atoms in total. The maximum absolute atomic E-state index is 9.53. The molecule has 0 amide bonds. The molecule has 0 saturated heterocycles. The van der Waals surface area contributed by atoms with Gasteiger partial charge in [-0.1, -0.05) is 290 Å². The number of fused-ring (bicyclic) bond motifs is 12. The summed E-state index contributed by atoms with van der Waals surface area (Å²) in [7, 11) is -2.63. The highest BCUT2D eigenvalue weighted by atomic mass is 127. The van der Waals surface area contributed by atoms with Crippen LogP contribution in [0.2, 0.25) is 16.9 Å². The van der Waals surface area contributed by atoms with E-state index < -0.39 is 14.2 Å². The fraction of sp³-hybridized carbons (Fsp3) is 0.0101. The van der Waals surface area contributed by atoms with Crippen LogP contribution in [0.4, 0.5) is 0 Å². The second-order valence-electron chi connectivity index (χ2n) is 27.5. The van der Waals surface area contributed by atoms with Crippen molar-refractivity contribution in [3.05, 3.63) is 376 Å². The molecule has 0 spiro atoms. The van der Waals surface area contributed by atoms with E-state index in [0.717, 1.165) is 87.3 Å². The van der Waals surface area contributed by atoms with Crippen molar-refractivity contribution in [3.63, 3.8) is 0 Å². The van der Waals surface area contributed by atoms with Crippen LogP contribution in [0.3, 0.4) is 0 Å². The van der Waals surface area contributed by atoms with Gasteiger partial charge in [-0.2, -0.15) is 0 Å². The Labute approximate surface area is 686 Å². The van der Waals surface area contributed by atoms with Crippen molar-refractivity contribution < 1.29 is 40.5 Å². The highest BCUT2D eigenvalue weighted by Gasteiger charge is 2.24. The molecule has 2 aliphatic rings. The van der Waals surface area contributed by atoms with E-state index in [9.17, 15) is 10.0 Å². The van der Waals surface area contributed by atoms with Crippen molar-refractivity contribution in [3.8, 4) is 102 Å². The molecule has 4 N–H and O–H groups in total. The Bertz CT molecular complexity index is 6760. The molecule has 2 aliphatic heterocycles. The summed E-state index contributed by atoms with van der Waals surface area (Å²) in [6.45, 7) is 1.28. The number of hydrogen-bond donors (Lipinski definition) is 4. The predicted molar refractivity (Wildman–Crippen MR) is 485 cm³/mol. The number of rotatable bonds is 6. The third kappa shape index (κ3) is 15.6. The van der Waals surface area contributed by atoms with Crippen LogP contribution >= 0.6 is 61.7 Å². The lowest BCUT2D eigenvalue weighted by Gasteiger charge is -2.22. The van der Waals surface area contributed by atoms with Gasteiger partial charge in [0.05, 0.1) is 0 Å². The second kappa shape index (κ2) is 32.5. The third-order valence-electron chi connectivity index (χ3n) is 20.1. The molecule has 0 atom stereocenters. The first kappa shape index (κ1) is 74.0. The molecule has 2 heterocycles. The lowest BCUT2D eigenvalue weighted by molar-refractivity contribution is 0.360. The zero-order valence-corrected chi connectivity index (χ0v) is 65.9. The van der Waals surface area contributed by atoms with E-state index in [1.54, 1.807) is 18.2 Å². The Balaban J connectivity index is 0.000000127. The Morgan fingerprint density at radius 3 is 0.929 bits per heavy atom. The topological polar surface area (TPSA) is 118 Å². The maximum Gasteiger partial charge on any atom is 0.488 e. The van der Waals surface area contributed by atoms with Crippen molar-refractivity contribution in [1.29, 1.82) is 0 Å². The molecule has 0 aliphatic carbocycles. The average Bonchev–Trinajstić information content (AvgIpc) is 0.737. The van der Waals surface area contributed by atoms with Crippen molar-refractivity contribution >= 4 is 168 Å².